The van der Waals surface area contributed by atoms with Gasteiger partial charge in [-0.15, -0.1) is 0 Å². The van der Waals surface area contributed by atoms with E-state index in [-0.39, 0.29) is 0 Å². The van der Waals surface area contributed by atoms with Gasteiger partial charge >= 0.3 is 48.7 Å². The zero-order valence-electron chi connectivity index (χ0n) is 3.60. The number of hydrogen-bond acceptors (Lipinski definition) is 1. The first-order valence-corrected chi connectivity index (χ1v) is 4.71. The third kappa shape index (κ3) is 0.739. The number of nitrogens with one attached hydrogen (secondary N) is 1. The monoisotopic (exact) mass is 190 g/mol. The predicted octanol–water partition coefficient (Wildman–Crippen LogP) is -1.60. The van der Waals surface area contributed by atoms with E-state index in [4.69, 9.17) is 0 Å². The van der Waals surface area contributed by atoms with Gasteiger partial charge in [0.05, 0.1) is 0 Å². The van der Waals surface area contributed by atoms with Gasteiger partial charge in [-0.3, -0.25) is 0 Å². The molecule has 1 N–H and O–H groups in total. The molecule has 6 heavy (non-hydrogen) atoms. The molecule has 0 fully saturated rings. The summed E-state index contributed by atoms with van der Waals surface area (Å²) in [5, 5.41) is 6.59. The molecule has 1 aromatic heterocycles. The van der Waals surface area contributed by atoms with Crippen LogP contribution < -0.4 is 3.71 Å². The first-order chi connectivity index (χ1) is 2.89. The molecule has 0 bridgehead atoms. The number of nitrogens with zero attached hydrogens (tertiary/aromatic N) is 1. The summed E-state index contributed by atoms with van der Waals surface area (Å²) in [7, 11) is 0. The Morgan fingerprint density at radius 1 is 1.83 bits per heavy atom. The zero-order valence-corrected chi connectivity index (χ0v) is 9.31. The summed E-state index contributed by atoms with van der Waals surface area (Å²) in [6, 6.07) is 2.01. The topological polar surface area (TPSA) is 28.7 Å². The average Bonchev–Trinajstić information content (AvgIpc) is 1.86. The van der Waals surface area contributed by atoms with E-state index in [0.29, 0.717) is 22.5 Å². The van der Waals surface area contributed by atoms with Gasteiger partial charge in [-0.1, -0.05) is 0 Å². The Balaban J connectivity index is 3.05. The first-order valence-electron chi connectivity index (χ1n) is 1.85. The van der Waals surface area contributed by atoms with Crippen molar-refractivity contribution < 1.29 is 0 Å². The minimum absolute atomic E-state index is 0.624. The number of rotatable bonds is 0. The Kier molecular flexibility index (Phi) is 1.14. The summed E-state index contributed by atoms with van der Waals surface area (Å²) >= 11 is 0.624. The summed E-state index contributed by atoms with van der Waals surface area (Å²) < 4.78 is 1.32. The Morgan fingerprint density at radius 3 is 2.83 bits per heavy atom. The van der Waals surface area contributed by atoms with Crippen LogP contribution >= 0.6 is 0 Å². The molecular formula is C3H6N2Sn. The van der Waals surface area contributed by atoms with Crippen LogP contribution in [0.1, 0.15) is 0 Å². The Hall–Kier alpha value is 0.00870. The number of aromatic amines is 1. The van der Waals surface area contributed by atoms with Crippen LogP contribution in [0.25, 0.3) is 0 Å². The fourth-order valence-electron chi connectivity index (χ4n) is 0.325. The third-order valence-electron chi connectivity index (χ3n) is 0.640. The van der Waals surface area contributed by atoms with Crippen LogP contribution in [0.15, 0.2) is 12.3 Å². The summed E-state index contributed by atoms with van der Waals surface area (Å²) in [5.41, 5.74) is 0. The van der Waals surface area contributed by atoms with Gasteiger partial charge in [0.2, 0.25) is 0 Å². The second-order valence-electron chi connectivity index (χ2n) is 1.24. The van der Waals surface area contributed by atoms with E-state index in [1.54, 1.807) is 6.20 Å². The third-order valence-corrected chi connectivity index (χ3v) is 2.23. The molecule has 2 nitrogen and oxygen atoms in total. The standard InChI is InChI=1S/C3H3N2.Sn.3H/c1-2-4-5-3-1;;;;/h1-2H,(H,4,5);;;;. The molecule has 0 aliphatic heterocycles. The van der Waals surface area contributed by atoms with Gasteiger partial charge in [0.25, 0.3) is 0 Å². The molecule has 0 aliphatic rings. The first kappa shape index (κ1) is 4.18. The van der Waals surface area contributed by atoms with Crippen LogP contribution in [-0.4, -0.2) is 32.7 Å². The minimum atomic E-state index is 0.624. The maximum absolute atomic E-state index is 3.75. The van der Waals surface area contributed by atoms with Crippen molar-refractivity contribution in [3.05, 3.63) is 12.3 Å². The molecule has 1 heterocycles. The Bertz CT molecular complexity index is 112. The molecule has 0 saturated carbocycles. The van der Waals surface area contributed by atoms with E-state index >= 15 is 0 Å². The molecular weight excluding hydrogens is 183 g/mol. The quantitative estimate of drug-likeness (QED) is 0.489. The molecule has 0 amide bonds. The van der Waals surface area contributed by atoms with Crippen LogP contribution in [0, 0.1) is 0 Å². The summed E-state index contributed by atoms with van der Waals surface area (Å²) in [4.78, 5) is 0. The average molecular weight is 189 g/mol. The van der Waals surface area contributed by atoms with Crippen molar-refractivity contribution in [3.8, 4) is 0 Å². The van der Waals surface area contributed by atoms with E-state index in [1.807, 2.05) is 6.07 Å². The van der Waals surface area contributed by atoms with Crippen LogP contribution in [0.5, 0.6) is 0 Å². The molecule has 3 heteroatoms. The number of hydrogen-bond donors (Lipinski definition) is 1. The van der Waals surface area contributed by atoms with Gasteiger partial charge in [0.1, 0.15) is 0 Å². The van der Waals surface area contributed by atoms with Crippen molar-refractivity contribution in [2.24, 2.45) is 0 Å². The Morgan fingerprint density at radius 2 is 2.67 bits per heavy atom. The van der Waals surface area contributed by atoms with E-state index in [1.165, 1.54) is 3.71 Å². The maximum atomic E-state index is 3.75. The molecule has 0 atom stereocenters. The van der Waals surface area contributed by atoms with Crippen LogP contribution in [0.2, 0.25) is 0 Å². The van der Waals surface area contributed by atoms with Gasteiger partial charge < -0.3 is 0 Å². The molecule has 1 rings (SSSR count). The summed E-state index contributed by atoms with van der Waals surface area (Å²) in [6.45, 7) is 0. The van der Waals surface area contributed by atoms with Crippen molar-refractivity contribution >= 4 is 26.2 Å². The second-order valence-corrected chi connectivity index (χ2v) is 4.31. The number of H-pyrrole nitrogens is 1. The normalized spacial score (nSPS) is 9.33. The van der Waals surface area contributed by atoms with Gasteiger partial charge in [0, 0.05) is 0 Å². The predicted molar refractivity (Wildman–Crippen MR) is 28.2 cm³/mol. The van der Waals surface area contributed by atoms with Crippen LogP contribution in [0.4, 0.5) is 0 Å². The van der Waals surface area contributed by atoms with Gasteiger partial charge in [-0.2, -0.15) is 0 Å². The van der Waals surface area contributed by atoms with Gasteiger partial charge in [0.15, 0.2) is 0 Å². The number of aromatic nitrogens is 2. The van der Waals surface area contributed by atoms with E-state index < -0.39 is 0 Å². The second kappa shape index (κ2) is 1.64. The van der Waals surface area contributed by atoms with E-state index in [9.17, 15) is 0 Å². The zero-order chi connectivity index (χ0) is 4.41. The molecule has 0 aromatic carbocycles. The van der Waals surface area contributed by atoms with E-state index in [2.05, 4.69) is 10.2 Å². The molecule has 0 radical (unpaired) electrons. The van der Waals surface area contributed by atoms with Gasteiger partial charge in [-0.05, 0) is 0 Å². The Labute approximate surface area is 49.0 Å². The van der Waals surface area contributed by atoms with Crippen molar-refractivity contribution in [1.82, 2.24) is 10.2 Å². The summed E-state index contributed by atoms with van der Waals surface area (Å²) in [5.74, 6) is 0. The molecule has 0 spiro atoms. The SMILES string of the molecule is [SnH3][c]1ccn[nH]1. The van der Waals surface area contributed by atoms with Crippen LogP contribution in [-0.2, 0) is 0 Å². The van der Waals surface area contributed by atoms with Crippen molar-refractivity contribution in [1.29, 1.82) is 0 Å². The molecule has 0 saturated heterocycles. The van der Waals surface area contributed by atoms with Crippen molar-refractivity contribution in [2.75, 3.05) is 0 Å². The molecule has 0 aliphatic carbocycles. The molecule has 0 unspecified atom stereocenters. The summed E-state index contributed by atoms with van der Waals surface area (Å²) in [6.07, 6.45) is 1.78. The van der Waals surface area contributed by atoms with Crippen molar-refractivity contribution in [3.63, 3.8) is 0 Å². The molecule has 32 valence electrons. The van der Waals surface area contributed by atoms with Crippen LogP contribution in [0.3, 0.4) is 0 Å². The van der Waals surface area contributed by atoms with Gasteiger partial charge in [-0.25, -0.2) is 0 Å². The molecule has 1 aromatic rings. The van der Waals surface area contributed by atoms with Crippen molar-refractivity contribution in [2.45, 2.75) is 0 Å². The fourth-order valence-corrected chi connectivity index (χ4v) is 1.12. The van der Waals surface area contributed by atoms with E-state index in [0.717, 1.165) is 0 Å². The fraction of sp³-hybridized carbons (Fsp3) is 0.